The Kier molecular flexibility index (Phi) is 9.14. The molecule has 0 spiro atoms. The zero-order valence-corrected chi connectivity index (χ0v) is 33.3. The minimum atomic E-state index is 0.598. The lowest BCUT2D eigenvalue weighted by Crippen LogP contribution is -2.13. The number of hydrogen-bond donors (Lipinski definition) is 0. The average Bonchev–Trinajstić information content (AvgIpc) is 3.80. The van der Waals surface area contributed by atoms with Crippen LogP contribution in [0, 0.1) is 0 Å². The highest BCUT2D eigenvalue weighted by molar-refractivity contribution is 6.22. The molecule has 1 heterocycles. The first kappa shape index (κ1) is 35.9. The maximum absolute atomic E-state index is 6.63. The van der Waals surface area contributed by atoms with Crippen molar-refractivity contribution in [3.63, 3.8) is 0 Å². The summed E-state index contributed by atoms with van der Waals surface area (Å²) in [6.45, 7) is 0. The normalized spacial score (nSPS) is 11.3. The van der Waals surface area contributed by atoms with Crippen molar-refractivity contribution in [2.24, 2.45) is 0 Å². The summed E-state index contributed by atoms with van der Waals surface area (Å²) in [5.41, 5.74) is 13.6. The monoisotopic (exact) mass is 781 g/mol. The zero-order chi connectivity index (χ0) is 40.5. The molecule has 0 aliphatic heterocycles. The molecule has 0 saturated heterocycles. The SMILES string of the molecule is c1ccc(-c2ccc(N(c3ccccc3)c3cccc(N(c4ccc(-c5ccccc5)cc4)c4ccc(-c5nc6c7ccccc7c7ccccc7c6o5)cc4)c3)cc2)cc1. The first-order valence-corrected chi connectivity index (χ1v) is 20.6. The van der Waals surface area contributed by atoms with Crippen LogP contribution >= 0.6 is 0 Å². The van der Waals surface area contributed by atoms with Crippen molar-refractivity contribution < 1.29 is 4.42 Å². The van der Waals surface area contributed by atoms with Crippen molar-refractivity contribution in [1.29, 1.82) is 0 Å². The summed E-state index contributed by atoms with van der Waals surface area (Å²) in [5, 5.41) is 4.49. The predicted octanol–water partition coefficient (Wildman–Crippen LogP) is 16.1. The van der Waals surface area contributed by atoms with E-state index in [9.17, 15) is 0 Å². The average molecular weight is 782 g/mol. The van der Waals surface area contributed by atoms with Gasteiger partial charge in [-0.25, -0.2) is 4.98 Å². The van der Waals surface area contributed by atoms with E-state index in [2.05, 4.69) is 246 Å². The Hall–Kier alpha value is -8.21. The van der Waals surface area contributed by atoms with Crippen LogP contribution in [0.4, 0.5) is 34.1 Å². The van der Waals surface area contributed by atoms with E-state index < -0.39 is 0 Å². The second kappa shape index (κ2) is 15.5. The molecule has 0 bridgehead atoms. The molecule has 61 heavy (non-hydrogen) atoms. The van der Waals surface area contributed by atoms with Crippen LogP contribution in [0.2, 0.25) is 0 Å². The minimum absolute atomic E-state index is 0.598. The fourth-order valence-corrected chi connectivity index (χ4v) is 8.51. The summed E-state index contributed by atoms with van der Waals surface area (Å²) in [5.74, 6) is 0.598. The highest BCUT2D eigenvalue weighted by Crippen LogP contribution is 2.43. The van der Waals surface area contributed by atoms with Gasteiger partial charge in [-0.15, -0.1) is 0 Å². The van der Waals surface area contributed by atoms with Crippen LogP contribution in [0.25, 0.3) is 66.4 Å². The Morgan fingerprint density at radius 1 is 0.279 bits per heavy atom. The van der Waals surface area contributed by atoms with Crippen LogP contribution in [0.15, 0.2) is 241 Å². The number of nitrogens with zero attached hydrogens (tertiary/aromatic N) is 3. The third kappa shape index (κ3) is 6.76. The topological polar surface area (TPSA) is 32.5 Å². The van der Waals surface area contributed by atoms with Crippen molar-refractivity contribution in [1.82, 2.24) is 4.98 Å². The third-order valence-electron chi connectivity index (χ3n) is 11.5. The quantitative estimate of drug-likeness (QED) is 0.137. The van der Waals surface area contributed by atoms with Gasteiger partial charge < -0.3 is 14.2 Å². The van der Waals surface area contributed by atoms with Crippen LogP contribution in [0.1, 0.15) is 0 Å². The molecule has 288 valence electrons. The Morgan fingerprint density at radius 2 is 0.639 bits per heavy atom. The predicted molar refractivity (Wildman–Crippen MR) is 255 cm³/mol. The number of hydrogen-bond acceptors (Lipinski definition) is 4. The van der Waals surface area contributed by atoms with Gasteiger partial charge in [-0.3, -0.25) is 0 Å². The van der Waals surface area contributed by atoms with E-state index in [1.165, 1.54) is 27.6 Å². The number of fused-ring (bicyclic) bond motifs is 6. The van der Waals surface area contributed by atoms with Crippen LogP contribution in [0.5, 0.6) is 0 Å². The van der Waals surface area contributed by atoms with Gasteiger partial charge in [0.15, 0.2) is 5.58 Å². The molecule has 0 radical (unpaired) electrons. The molecular weight excluding hydrogens is 743 g/mol. The standard InChI is InChI=1S/C57H39N3O/c1-4-15-40(16-5-1)42-27-33-46(34-28-42)59(45-19-8-3-9-20-45)49-21-14-22-50(39-49)60(47-35-29-43(30-36-47)41-17-6-2-7-18-41)48-37-31-44(32-38-48)57-58-55-53-25-12-10-23-51(53)52-24-11-13-26-54(52)56(55)61-57/h1-39H. The zero-order valence-electron chi connectivity index (χ0n) is 33.3. The number of benzene rings is 10. The fourth-order valence-electron chi connectivity index (χ4n) is 8.51. The maximum atomic E-state index is 6.63. The van der Waals surface area contributed by atoms with Gasteiger partial charge in [0.25, 0.3) is 0 Å². The molecule has 0 aliphatic rings. The number of para-hydroxylation sites is 1. The van der Waals surface area contributed by atoms with Crippen molar-refractivity contribution in [3.8, 4) is 33.7 Å². The Labute approximate surface area is 354 Å². The Morgan fingerprint density at radius 3 is 1.15 bits per heavy atom. The van der Waals surface area contributed by atoms with E-state index >= 15 is 0 Å². The van der Waals surface area contributed by atoms with Gasteiger partial charge in [0.05, 0.1) is 0 Å². The first-order chi connectivity index (χ1) is 30.2. The van der Waals surface area contributed by atoms with E-state index in [0.717, 1.165) is 66.9 Å². The van der Waals surface area contributed by atoms with Crippen molar-refractivity contribution in [3.05, 3.63) is 237 Å². The molecule has 10 aromatic carbocycles. The van der Waals surface area contributed by atoms with Gasteiger partial charge in [-0.05, 0) is 112 Å². The van der Waals surface area contributed by atoms with Crippen LogP contribution < -0.4 is 9.80 Å². The maximum Gasteiger partial charge on any atom is 0.227 e. The van der Waals surface area contributed by atoms with Gasteiger partial charge in [0.2, 0.25) is 5.89 Å². The Bertz CT molecular complexity index is 3200. The van der Waals surface area contributed by atoms with Crippen LogP contribution in [-0.2, 0) is 0 Å². The Balaban J connectivity index is 1.01. The molecule has 0 aliphatic carbocycles. The molecular formula is C57H39N3O. The van der Waals surface area contributed by atoms with Gasteiger partial charge >= 0.3 is 0 Å². The molecule has 0 fully saturated rings. The molecule has 11 aromatic rings. The molecule has 0 saturated carbocycles. The lowest BCUT2D eigenvalue weighted by Gasteiger charge is -2.29. The van der Waals surface area contributed by atoms with E-state index in [-0.39, 0.29) is 0 Å². The number of aromatic nitrogens is 1. The molecule has 4 nitrogen and oxygen atoms in total. The van der Waals surface area contributed by atoms with Crippen molar-refractivity contribution >= 4 is 66.8 Å². The number of rotatable bonds is 9. The van der Waals surface area contributed by atoms with Gasteiger partial charge in [-0.1, -0.05) is 158 Å². The third-order valence-corrected chi connectivity index (χ3v) is 11.5. The van der Waals surface area contributed by atoms with E-state index in [1.54, 1.807) is 0 Å². The van der Waals surface area contributed by atoms with Crippen molar-refractivity contribution in [2.75, 3.05) is 9.80 Å². The highest BCUT2D eigenvalue weighted by Gasteiger charge is 2.20. The van der Waals surface area contributed by atoms with E-state index in [0.29, 0.717) is 5.89 Å². The molecule has 11 rings (SSSR count). The summed E-state index contributed by atoms with van der Waals surface area (Å²) < 4.78 is 6.63. The summed E-state index contributed by atoms with van der Waals surface area (Å²) >= 11 is 0. The van der Waals surface area contributed by atoms with Gasteiger partial charge in [0.1, 0.15) is 5.52 Å². The molecule has 0 amide bonds. The smallest absolute Gasteiger partial charge is 0.227 e. The summed E-state index contributed by atoms with van der Waals surface area (Å²) in [4.78, 5) is 9.75. The first-order valence-electron chi connectivity index (χ1n) is 20.6. The number of oxazole rings is 1. The van der Waals surface area contributed by atoms with E-state index in [4.69, 9.17) is 9.40 Å². The molecule has 0 atom stereocenters. The molecule has 4 heteroatoms. The minimum Gasteiger partial charge on any atom is -0.435 e. The van der Waals surface area contributed by atoms with E-state index in [1.807, 2.05) is 0 Å². The molecule has 0 unspecified atom stereocenters. The van der Waals surface area contributed by atoms with Crippen LogP contribution in [0.3, 0.4) is 0 Å². The lowest BCUT2D eigenvalue weighted by molar-refractivity contribution is 0.623. The molecule has 1 aromatic heterocycles. The second-order valence-corrected chi connectivity index (χ2v) is 15.2. The molecule has 0 N–H and O–H groups in total. The highest BCUT2D eigenvalue weighted by atomic mass is 16.3. The van der Waals surface area contributed by atoms with Crippen LogP contribution in [-0.4, -0.2) is 4.98 Å². The second-order valence-electron chi connectivity index (χ2n) is 15.2. The van der Waals surface area contributed by atoms with Gasteiger partial charge in [0, 0.05) is 50.5 Å². The summed E-state index contributed by atoms with van der Waals surface area (Å²) in [6.07, 6.45) is 0. The summed E-state index contributed by atoms with van der Waals surface area (Å²) in [6, 6.07) is 83.4. The van der Waals surface area contributed by atoms with Crippen molar-refractivity contribution in [2.45, 2.75) is 0 Å². The summed E-state index contributed by atoms with van der Waals surface area (Å²) in [7, 11) is 0. The van der Waals surface area contributed by atoms with Gasteiger partial charge in [-0.2, -0.15) is 0 Å². The lowest BCUT2D eigenvalue weighted by atomic mass is 10.0. The fraction of sp³-hybridized carbons (Fsp3) is 0. The largest absolute Gasteiger partial charge is 0.435 e. The number of anilines is 6.